The van der Waals surface area contributed by atoms with E-state index in [2.05, 4.69) is 31.8 Å². The second-order valence-corrected chi connectivity index (χ2v) is 4.94. The second kappa shape index (κ2) is 5.49. The standard InChI is InChI=1S/C11H9BrClN3O2/c12-7-2-1-6(5-8(7)13)14-11(18)9-3-4-10(17)16-15-9/h1-2,5H,3-4H2,(H,14,18)(H,16,17). The summed E-state index contributed by atoms with van der Waals surface area (Å²) in [5.74, 6) is -0.522. The maximum absolute atomic E-state index is 11.8. The highest BCUT2D eigenvalue weighted by Gasteiger charge is 2.18. The minimum atomic E-state index is -0.339. The van der Waals surface area contributed by atoms with Crippen molar-refractivity contribution in [1.82, 2.24) is 5.43 Å². The lowest BCUT2D eigenvalue weighted by molar-refractivity contribution is -0.121. The topological polar surface area (TPSA) is 70.6 Å². The number of anilines is 1. The van der Waals surface area contributed by atoms with E-state index in [-0.39, 0.29) is 18.2 Å². The number of hydrazone groups is 1. The minimum absolute atomic E-state index is 0.182. The minimum Gasteiger partial charge on any atom is -0.321 e. The summed E-state index contributed by atoms with van der Waals surface area (Å²) >= 11 is 9.18. The van der Waals surface area contributed by atoms with Crippen LogP contribution in [0.2, 0.25) is 5.02 Å². The van der Waals surface area contributed by atoms with Crippen LogP contribution in [-0.4, -0.2) is 17.5 Å². The Balaban J connectivity index is 2.07. The molecular formula is C11H9BrClN3O2. The molecule has 1 aromatic carbocycles. The maximum atomic E-state index is 11.8. The van der Waals surface area contributed by atoms with Gasteiger partial charge in [0.15, 0.2) is 0 Å². The van der Waals surface area contributed by atoms with Crippen LogP contribution in [0.5, 0.6) is 0 Å². The Morgan fingerprint density at radius 2 is 2.22 bits per heavy atom. The second-order valence-electron chi connectivity index (χ2n) is 3.68. The van der Waals surface area contributed by atoms with E-state index >= 15 is 0 Å². The van der Waals surface area contributed by atoms with Gasteiger partial charge in [-0.05, 0) is 34.1 Å². The Hall–Kier alpha value is -1.40. The molecule has 0 atom stereocenters. The fraction of sp³-hybridized carbons (Fsp3) is 0.182. The number of hydrogen-bond donors (Lipinski definition) is 2. The van der Waals surface area contributed by atoms with E-state index in [1.165, 1.54) is 0 Å². The van der Waals surface area contributed by atoms with Crippen molar-refractivity contribution in [1.29, 1.82) is 0 Å². The van der Waals surface area contributed by atoms with Crippen molar-refractivity contribution < 1.29 is 9.59 Å². The highest BCUT2D eigenvalue weighted by molar-refractivity contribution is 9.10. The molecule has 94 valence electrons. The number of nitrogens with one attached hydrogen (secondary N) is 2. The molecule has 0 spiro atoms. The van der Waals surface area contributed by atoms with Gasteiger partial charge in [0.2, 0.25) is 5.91 Å². The van der Waals surface area contributed by atoms with Crippen molar-refractivity contribution in [2.75, 3.05) is 5.32 Å². The molecule has 0 saturated carbocycles. The molecule has 0 fully saturated rings. The predicted molar refractivity (Wildman–Crippen MR) is 72.6 cm³/mol. The SMILES string of the molecule is O=C1CCC(C(=O)Nc2ccc(Br)c(Cl)c2)=NN1. The quantitative estimate of drug-likeness (QED) is 0.873. The molecule has 18 heavy (non-hydrogen) atoms. The third-order valence-electron chi connectivity index (χ3n) is 2.34. The Labute approximate surface area is 117 Å². The van der Waals surface area contributed by atoms with Gasteiger partial charge in [-0.15, -0.1) is 0 Å². The Morgan fingerprint density at radius 1 is 1.44 bits per heavy atom. The van der Waals surface area contributed by atoms with Gasteiger partial charge in [-0.2, -0.15) is 5.10 Å². The van der Waals surface area contributed by atoms with Crippen LogP contribution in [0.3, 0.4) is 0 Å². The average molecular weight is 331 g/mol. The average Bonchev–Trinajstić information content (AvgIpc) is 2.34. The Bertz CT molecular complexity index is 545. The van der Waals surface area contributed by atoms with Gasteiger partial charge >= 0.3 is 0 Å². The largest absolute Gasteiger partial charge is 0.321 e. The van der Waals surface area contributed by atoms with Crippen LogP contribution in [-0.2, 0) is 9.59 Å². The number of hydrogen-bond acceptors (Lipinski definition) is 3. The smallest absolute Gasteiger partial charge is 0.271 e. The van der Waals surface area contributed by atoms with Gasteiger partial charge in [-0.1, -0.05) is 11.6 Å². The number of carbonyl (C=O) groups excluding carboxylic acids is 2. The summed E-state index contributed by atoms with van der Waals surface area (Å²) in [5, 5.41) is 6.88. The molecule has 0 aliphatic carbocycles. The number of amides is 2. The van der Waals surface area contributed by atoms with E-state index < -0.39 is 0 Å². The Morgan fingerprint density at radius 3 is 2.83 bits per heavy atom. The molecule has 0 saturated heterocycles. The lowest BCUT2D eigenvalue weighted by Gasteiger charge is -2.12. The number of halogens is 2. The van der Waals surface area contributed by atoms with Crippen molar-refractivity contribution in [2.45, 2.75) is 12.8 Å². The van der Waals surface area contributed by atoms with Crippen molar-refractivity contribution >= 4 is 50.7 Å². The van der Waals surface area contributed by atoms with Gasteiger partial charge in [-0.3, -0.25) is 9.59 Å². The molecule has 1 aliphatic heterocycles. The van der Waals surface area contributed by atoms with E-state index in [0.717, 1.165) is 4.47 Å². The maximum Gasteiger partial charge on any atom is 0.271 e. The zero-order chi connectivity index (χ0) is 13.1. The number of benzene rings is 1. The van der Waals surface area contributed by atoms with Crippen LogP contribution in [0.4, 0.5) is 5.69 Å². The van der Waals surface area contributed by atoms with Crippen LogP contribution in [0.25, 0.3) is 0 Å². The van der Waals surface area contributed by atoms with E-state index in [0.29, 0.717) is 22.8 Å². The zero-order valence-electron chi connectivity index (χ0n) is 9.17. The van der Waals surface area contributed by atoms with E-state index in [1.54, 1.807) is 18.2 Å². The number of carbonyl (C=O) groups is 2. The highest BCUT2D eigenvalue weighted by atomic mass is 79.9. The van der Waals surface area contributed by atoms with Crippen molar-refractivity contribution in [3.05, 3.63) is 27.7 Å². The molecule has 0 aromatic heterocycles. The van der Waals surface area contributed by atoms with Crippen LogP contribution < -0.4 is 10.7 Å². The summed E-state index contributed by atoms with van der Waals surface area (Å²) in [6.07, 6.45) is 0.606. The molecule has 0 bridgehead atoms. The van der Waals surface area contributed by atoms with E-state index in [4.69, 9.17) is 11.6 Å². The molecule has 1 aromatic rings. The molecule has 1 heterocycles. The first-order valence-electron chi connectivity index (χ1n) is 5.18. The number of nitrogens with zero attached hydrogens (tertiary/aromatic N) is 1. The lowest BCUT2D eigenvalue weighted by atomic mass is 10.1. The van der Waals surface area contributed by atoms with Crippen LogP contribution in [0.15, 0.2) is 27.8 Å². The molecule has 2 rings (SSSR count). The lowest BCUT2D eigenvalue weighted by Crippen LogP contribution is -2.32. The van der Waals surface area contributed by atoms with Gasteiger partial charge < -0.3 is 5.32 Å². The monoisotopic (exact) mass is 329 g/mol. The molecule has 2 N–H and O–H groups in total. The van der Waals surface area contributed by atoms with Crippen LogP contribution in [0, 0.1) is 0 Å². The molecule has 5 nitrogen and oxygen atoms in total. The van der Waals surface area contributed by atoms with E-state index in [1.807, 2.05) is 0 Å². The van der Waals surface area contributed by atoms with Gasteiger partial charge in [0.25, 0.3) is 5.91 Å². The molecule has 1 aliphatic rings. The summed E-state index contributed by atoms with van der Waals surface area (Å²) in [5.41, 5.74) is 3.15. The van der Waals surface area contributed by atoms with Crippen molar-refractivity contribution in [3.63, 3.8) is 0 Å². The number of rotatable bonds is 2. The van der Waals surface area contributed by atoms with Crippen LogP contribution >= 0.6 is 27.5 Å². The summed E-state index contributed by atoms with van der Waals surface area (Å²) in [6, 6.07) is 5.09. The van der Waals surface area contributed by atoms with Gasteiger partial charge in [-0.25, -0.2) is 5.43 Å². The third-order valence-corrected chi connectivity index (χ3v) is 3.58. The summed E-state index contributed by atoms with van der Waals surface area (Å²) < 4.78 is 0.754. The first-order chi connectivity index (χ1) is 8.56. The predicted octanol–water partition coefficient (Wildman–Crippen LogP) is 2.31. The van der Waals surface area contributed by atoms with Gasteiger partial charge in [0.05, 0.1) is 5.02 Å². The van der Waals surface area contributed by atoms with E-state index in [9.17, 15) is 9.59 Å². The molecular weight excluding hydrogens is 321 g/mol. The first kappa shape index (κ1) is 13.0. The van der Waals surface area contributed by atoms with Gasteiger partial charge in [0, 0.05) is 23.0 Å². The van der Waals surface area contributed by atoms with Gasteiger partial charge in [0.1, 0.15) is 5.71 Å². The molecule has 0 unspecified atom stereocenters. The van der Waals surface area contributed by atoms with Crippen LogP contribution in [0.1, 0.15) is 12.8 Å². The molecule has 2 amide bonds. The van der Waals surface area contributed by atoms with Crippen molar-refractivity contribution in [2.24, 2.45) is 5.10 Å². The summed E-state index contributed by atoms with van der Waals surface area (Å²) in [7, 11) is 0. The molecule has 0 radical (unpaired) electrons. The summed E-state index contributed by atoms with van der Waals surface area (Å²) in [6.45, 7) is 0. The summed E-state index contributed by atoms with van der Waals surface area (Å²) in [4.78, 5) is 22.7. The fourth-order valence-electron chi connectivity index (χ4n) is 1.41. The Kier molecular flexibility index (Phi) is 3.98. The normalized spacial score (nSPS) is 14.8. The zero-order valence-corrected chi connectivity index (χ0v) is 11.5. The first-order valence-corrected chi connectivity index (χ1v) is 6.35. The third kappa shape index (κ3) is 3.08. The van der Waals surface area contributed by atoms with Crippen molar-refractivity contribution in [3.8, 4) is 0 Å². The molecule has 7 heteroatoms. The fourth-order valence-corrected chi connectivity index (χ4v) is 1.84. The highest BCUT2D eigenvalue weighted by Crippen LogP contribution is 2.25.